The van der Waals surface area contributed by atoms with Crippen LogP contribution in [0.25, 0.3) is 0 Å². The largest absolute Gasteiger partial charge is 0.393 e. The molecule has 1 aromatic rings. The monoisotopic (exact) mass is 236 g/mol. The standard InChI is InChI=1S/C13H20N2O2/c1-2-13(17)12-4-3-10(9-14-12)15-7-5-11(16)6-8-15/h3-4,9,11,13,16-17H,2,5-8H2,1H3. The van der Waals surface area contributed by atoms with Crippen molar-refractivity contribution >= 4 is 5.69 Å². The summed E-state index contributed by atoms with van der Waals surface area (Å²) in [6.07, 6.45) is 3.51. The summed E-state index contributed by atoms with van der Waals surface area (Å²) < 4.78 is 0. The number of aliphatic hydroxyl groups is 2. The molecule has 0 spiro atoms. The van der Waals surface area contributed by atoms with E-state index in [0.717, 1.165) is 37.3 Å². The van der Waals surface area contributed by atoms with Gasteiger partial charge in [0.25, 0.3) is 0 Å². The van der Waals surface area contributed by atoms with E-state index in [-0.39, 0.29) is 6.10 Å². The Morgan fingerprint density at radius 3 is 2.65 bits per heavy atom. The van der Waals surface area contributed by atoms with Crippen LogP contribution in [0.5, 0.6) is 0 Å². The van der Waals surface area contributed by atoms with E-state index < -0.39 is 6.10 Å². The third-order valence-corrected chi connectivity index (χ3v) is 3.33. The second kappa shape index (κ2) is 5.47. The van der Waals surface area contributed by atoms with Crippen LogP contribution in [0.2, 0.25) is 0 Å². The molecule has 0 amide bonds. The van der Waals surface area contributed by atoms with Gasteiger partial charge in [0.2, 0.25) is 0 Å². The molecule has 0 saturated carbocycles. The Morgan fingerprint density at radius 2 is 2.12 bits per heavy atom. The predicted octanol–water partition coefficient (Wildman–Crippen LogP) is 1.49. The maximum atomic E-state index is 9.66. The van der Waals surface area contributed by atoms with E-state index in [1.807, 2.05) is 25.3 Å². The van der Waals surface area contributed by atoms with Gasteiger partial charge >= 0.3 is 0 Å². The molecule has 1 saturated heterocycles. The molecule has 4 heteroatoms. The van der Waals surface area contributed by atoms with E-state index >= 15 is 0 Å². The topological polar surface area (TPSA) is 56.6 Å². The number of rotatable bonds is 3. The van der Waals surface area contributed by atoms with Crippen LogP contribution < -0.4 is 4.90 Å². The Morgan fingerprint density at radius 1 is 1.41 bits per heavy atom. The lowest BCUT2D eigenvalue weighted by molar-refractivity contribution is 0.145. The molecule has 1 fully saturated rings. The molecular weight excluding hydrogens is 216 g/mol. The highest BCUT2D eigenvalue weighted by molar-refractivity contribution is 5.45. The maximum absolute atomic E-state index is 9.66. The van der Waals surface area contributed by atoms with Gasteiger partial charge in [0.15, 0.2) is 0 Å². The summed E-state index contributed by atoms with van der Waals surface area (Å²) in [7, 11) is 0. The van der Waals surface area contributed by atoms with E-state index in [0.29, 0.717) is 6.42 Å². The SMILES string of the molecule is CCC(O)c1ccc(N2CCC(O)CC2)cn1. The van der Waals surface area contributed by atoms with Crippen molar-refractivity contribution in [2.24, 2.45) is 0 Å². The second-order valence-corrected chi connectivity index (χ2v) is 4.58. The molecule has 2 rings (SSSR count). The summed E-state index contributed by atoms with van der Waals surface area (Å²) in [5.41, 5.74) is 1.80. The lowest BCUT2D eigenvalue weighted by Crippen LogP contribution is -2.35. The van der Waals surface area contributed by atoms with Gasteiger partial charge in [-0.15, -0.1) is 0 Å². The summed E-state index contributed by atoms with van der Waals surface area (Å²) in [6.45, 7) is 3.68. The van der Waals surface area contributed by atoms with Crippen molar-refractivity contribution in [1.82, 2.24) is 4.98 Å². The van der Waals surface area contributed by atoms with E-state index in [2.05, 4.69) is 9.88 Å². The van der Waals surface area contributed by atoms with E-state index in [4.69, 9.17) is 0 Å². The Labute approximate surface area is 102 Å². The highest BCUT2D eigenvalue weighted by atomic mass is 16.3. The Kier molecular flexibility index (Phi) is 3.97. The van der Waals surface area contributed by atoms with Gasteiger partial charge in [-0.05, 0) is 31.4 Å². The van der Waals surface area contributed by atoms with Crippen LogP contribution in [-0.4, -0.2) is 34.4 Å². The van der Waals surface area contributed by atoms with Crippen molar-refractivity contribution in [3.05, 3.63) is 24.0 Å². The highest BCUT2D eigenvalue weighted by Crippen LogP contribution is 2.21. The molecule has 0 aromatic carbocycles. The minimum Gasteiger partial charge on any atom is -0.393 e. The molecule has 1 aliphatic heterocycles. The normalized spacial score (nSPS) is 19.4. The number of hydrogen-bond acceptors (Lipinski definition) is 4. The summed E-state index contributed by atoms with van der Waals surface area (Å²) in [5.74, 6) is 0. The third-order valence-electron chi connectivity index (χ3n) is 3.33. The van der Waals surface area contributed by atoms with Gasteiger partial charge in [-0.2, -0.15) is 0 Å². The van der Waals surface area contributed by atoms with Crippen LogP contribution in [-0.2, 0) is 0 Å². The van der Waals surface area contributed by atoms with Gasteiger partial charge in [0, 0.05) is 13.1 Å². The Balaban J connectivity index is 2.02. The average Bonchev–Trinajstić information content (AvgIpc) is 2.39. The number of nitrogens with zero attached hydrogens (tertiary/aromatic N) is 2. The van der Waals surface area contributed by atoms with Crippen LogP contribution >= 0.6 is 0 Å². The molecular formula is C13H20N2O2. The van der Waals surface area contributed by atoms with Crippen molar-refractivity contribution in [2.45, 2.75) is 38.4 Å². The van der Waals surface area contributed by atoms with Crippen molar-refractivity contribution in [1.29, 1.82) is 0 Å². The first-order valence-corrected chi connectivity index (χ1v) is 6.27. The Bertz CT molecular complexity index is 345. The van der Waals surface area contributed by atoms with Crippen LogP contribution in [0.4, 0.5) is 5.69 Å². The minimum absolute atomic E-state index is 0.152. The smallest absolute Gasteiger partial charge is 0.0957 e. The molecule has 1 aromatic heterocycles. The van der Waals surface area contributed by atoms with Gasteiger partial charge in [-0.3, -0.25) is 4.98 Å². The van der Waals surface area contributed by atoms with Gasteiger partial charge in [-0.25, -0.2) is 0 Å². The number of pyridine rings is 1. The third kappa shape index (κ3) is 2.96. The summed E-state index contributed by atoms with van der Waals surface area (Å²) in [6, 6.07) is 3.88. The van der Waals surface area contributed by atoms with E-state index in [1.54, 1.807) is 0 Å². The quantitative estimate of drug-likeness (QED) is 0.834. The van der Waals surface area contributed by atoms with Gasteiger partial charge < -0.3 is 15.1 Å². The zero-order valence-corrected chi connectivity index (χ0v) is 10.2. The number of piperidine rings is 1. The fourth-order valence-electron chi connectivity index (χ4n) is 2.11. The first kappa shape index (κ1) is 12.3. The molecule has 94 valence electrons. The fraction of sp³-hybridized carbons (Fsp3) is 0.615. The summed E-state index contributed by atoms with van der Waals surface area (Å²) >= 11 is 0. The van der Waals surface area contributed by atoms with E-state index in [9.17, 15) is 10.2 Å². The molecule has 1 unspecified atom stereocenters. The van der Waals surface area contributed by atoms with Gasteiger partial charge in [0.1, 0.15) is 0 Å². The molecule has 17 heavy (non-hydrogen) atoms. The molecule has 2 N–H and O–H groups in total. The zero-order chi connectivity index (χ0) is 12.3. The fourth-order valence-corrected chi connectivity index (χ4v) is 2.11. The number of aliphatic hydroxyl groups excluding tert-OH is 2. The molecule has 4 nitrogen and oxygen atoms in total. The van der Waals surface area contributed by atoms with Crippen LogP contribution in [0.3, 0.4) is 0 Å². The predicted molar refractivity (Wildman–Crippen MR) is 66.9 cm³/mol. The molecule has 1 atom stereocenters. The first-order chi connectivity index (χ1) is 8.20. The highest BCUT2D eigenvalue weighted by Gasteiger charge is 2.17. The average molecular weight is 236 g/mol. The van der Waals surface area contributed by atoms with Crippen LogP contribution in [0.1, 0.15) is 38.0 Å². The van der Waals surface area contributed by atoms with Gasteiger partial charge in [0.05, 0.1) is 29.8 Å². The molecule has 1 aliphatic rings. The number of hydrogen-bond donors (Lipinski definition) is 2. The maximum Gasteiger partial charge on any atom is 0.0957 e. The number of anilines is 1. The van der Waals surface area contributed by atoms with Crippen LogP contribution in [0, 0.1) is 0 Å². The molecule has 0 radical (unpaired) electrons. The summed E-state index contributed by atoms with van der Waals surface area (Å²) in [5, 5.41) is 19.1. The van der Waals surface area contributed by atoms with Crippen molar-refractivity contribution in [2.75, 3.05) is 18.0 Å². The van der Waals surface area contributed by atoms with Crippen molar-refractivity contribution < 1.29 is 10.2 Å². The van der Waals surface area contributed by atoms with E-state index in [1.165, 1.54) is 0 Å². The zero-order valence-electron chi connectivity index (χ0n) is 10.2. The second-order valence-electron chi connectivity index (χ2n) is 4.58. The van der Waals surface area contributed by atoms with Crippen molar-refractivity contribution in [3.8, 4) is 0 Å². The Hall–Kier alpha value is -1.13. The molecule has 0 bridgehead atoms. The van der Waals surface area contributed by atoms with Crippen LogP contribution in [0.15, 0.2) is 18.3 Å². The van der Waals surface area contributed by atoms with Gasteiger partial charge in [-0.1, -0.05) is 6.92 Å². The molecule has 2 heterocycles. The lowest BCUT2D eigenvalue weighted by atomic mass is 10.1. The first-order valence-electron chi connectivity index (χ1n) is 6.27. The minimum atomic E-state index is -0.466. The summed E-state index contributed by atoms with van der Waals surface area (Å²) in [4.78, 5) is 6.51. The number of aromatic nitrogens is 1. The van der Waals surface area contributed by atoms with Crippen molar-refractivity contribution in [3.63, 3.8) is 0 Å². The molecule has 0 aliphatic carbocycles. The lowest BCUT2D eigenvalue weighted by Gasteiger charge is -2.31.